The minimum Gasteiger partial charge on any atom is -0.494 e. The number of hydrogen-bond donors (Lipinski definition) is 1. The van der Waals surface area contributed by atoms with Crippen LogP contribution in [0.3, 0.4) is 0 Å². The lowest BCUT2D eigenvalue weighted by molar-refractivity contribution is 0.317. The van der Waals surface area contributed by atoms with Crippen molar-refractivity contribution in [1.82, 2.24) is 0 Å². The quantitative estimate of drug-likeness (QED) is 0.724. The van der Waals surface area contributed by atoms with Crippen molar-refractivity contribution in [2.75, 3.05) is 11.9 Å². The van der Waals surface area contributed by atoms with E-state index in [1.807, 2.05) is 24.3 Å². The predicted octanol–water partition coefficient (Wildman–Crippen LogP) is 5.13. The molecule has 0 bridgehead atoms. The van der Waals surface area contributed by atoms with Crippen LogP contribution in [-0.2, 0) is 0 Å². The molecule has 1 heterocycles. The number of aliphatic imine (C=N–C) groups is 1. The van der Waals surface area contributed by atoms with Crippen molar-refractivity contribution in [3.05, 3.63) is 66.2 Å². The molecule has 3 heteroatoms. The van der Waals surface area contributed by atoms with Crippen LogP contribution in [0.4, 0.5) is 11.4 Å². The maximum Gasteiger partial charge on any atom is 0.138 e. The van der Waals surface area contributed by atoms with Crippen molar-refractivity contribution >= 4 is 28.0 Å². The molecule has 0 spiro atoms. The van der Waals surface area contributed by atoms with Crippen molar-refractivity contribution in [2.45, 2.75) is 13.3 Å². The molecule has 3 aromatic carbocycles. The van der Waals surface area contributed by atoms with Gasteiger partial charge in [0.2, 0.25) is 0 Å². The Labute approximate surface area is 135 Å². The summed E-state index contributed by atoms with van der Waals surface area (Å²) < 4.78 is 5.64. The third kappa shape index (κ3) is 2.55. The summed E-state index contributed by atoms with van der Waals surface area (Å²) in [5.41, 5.74) is 3.17. The fraction of sp³-hybridized carbons (Fsp3) is 0.150. The molecule has 4 rings (SSSR count). The van der Waals surface area contributed by atoms with E-state index in [1.165, 1.54) is 10.8 Å². The van der Waals surface area contributed by atoms with Gasteiger partial charge in [0, 0.05) is 16.6 Å². The molecular weight excluding hydrogens is 284 g/mol. The third-order valence-corrected chi connectivity index (χ3v) is 3.97. The topological polar surface area (TPSA) is 33.6 Å². The van der Waals surface area contributed by atoms with Crippen molar-refractivity contribution in [3.63, 3.8) is 0 Å². The zero-order valence-corrected chi connectivity index (χ0v) is 13.0. The summed E-state index contributed by atoms with van der Waals surface area (Å²) in [5, 5.41) is 5.84. The summed E-state index contributed by atoms with van der Waals surface area (Å²) >= 11 is 0. The second-order valence-electron chi connectivity index (χ2n) is 5.64. The Kier molecular flexibility index (Phi) is 3.46. The first-order chi connectivity index (χ1) is 11.3. The molecule has 0 aliphatic carbocycles. The first kappa shape index (κ1) is 13.8. The van der Waals surface area contributed by atoms with Crippen molar-refractivity contribution in [1.29, 1.82) is 0 Å². The molecule has 0 amide bonds. The van der Waals surface area contributed by atoms with E-state index in [0.29, 0.717) is 0 Å². The van der Waals surface area contributed by atoms with Gasteiger partial charge in [-0.1, -0.05) is 31.2 Å². The van der Waals surface area contributed by atoms with E-state index in [0.717, 1.165) is 41.6 Å². The molecule has 1 aliphatic rings. The lowest BCUT2D eigenvalue weighted by Gasteiger charge is -2.19. The van der Waals surface area contributed by atoms with E-state index in [9.17, 15) is 0 Å². The van der Waals surface area contributed by atoms with Gasteiger partial charge >= 0.3 is 0 Å². The predicted molar refractivity (Wildman–Crippen MR) is 96.0 cm³/mol. The second-order valence-corrected chi connectivity index (χ2v) is 5.64. The number of hydrogen-bond acceptors (Lipinski definition) is 3. The van der Waals surface area contributed by atoms with Crippen LogP contribution in [0.15, 0.2) is 65.7 Å². The van der Waals surface area contributed by atoms with Gasteiger partial charge in [0.25, 0.3) is 0 Å². The average molecular weight is 302 g/mol. The summed E-state index contributed by atoms with van der Waals surface area (Å²) in [7, 11) is 0. The fourth-order valence-corrected chi connectivity index (χ4v) is 2.86. The van der Waals surface area contributed by atoms with Crippen LogP contribution in [0.5, 0.6) is 5.75 Å². The highest BCUT2D eigenvalue weighted by molar-refractivity contribution is 6.18. The number of anilines is 1. The van der Waals surface area contributed by atoms with Crippen molar-refractivity contribution < 1.29 is 4.74 Å². The van der Waals surface area contributed by atoms with Crippen LogP contribution in [0, 0.1) is 0 Å². The van der Waals surface area contributed by atoms with Crippen molar-refractivity contribution in [2.24, 2.45) is 4.99 Å². The van der Waals surface area contributed by atoms with Gasteiger partial charge in [0.15, 0.2) is 0 Å². The van der Waals surface area contributed by atoms with Crippen LogP contribution in [0.25, 0.3) is 10.8 Å². The Bertz CT molecular complexity index is 877. The van der Waals surface area contributed by atoms with Crippen LogP contribution < -0.4 is 10.1 Å². The van der Waals surface area contributed by atoms with Gasteiger partial charge in [-0.15, -0.1) is 0 Å². The Morgan fingerprint density at radius 3 is 2.52 bits per heavy atom. The Hall–Kier alpha value is -2.81. The highest BCUT2D eigenvalue weighted by Gasteiger charge is 2.15. The monoisotopic (exact) mass is 302 g/mol. The second kappa shape index (κ2) is 5.76. The summed E-state index contributed by atoms with van der Waals surface area (Å²) in [4.78, 5) is 4.79. The molecule has 0 unspecified atom stereocenters. The largest absolute Gasteiger partial charge is 0.494 e. The number of nitrogens with zero attached hydrogens (tertiary/aromatic N) is 1. The van der Waals surface area contributed by atoms with E-state index >= 15 is 0 Å². The van der Waals surface area contributed by atoms with E-state index < -0.39 is 0 Å². The smallest absolute Gasteiger partial charge is 0.138 e. The fourth-order valence-electron chi connectivity index (χ4n) is 2.86. The first-order valence-electron chi connectivity index (χ1n) is 7.96. The van der Waals surface area contributed by atoms with Gasteiger partial charge in [0.05, 0.1) is 12.3 Å². The maximum absolute atomic E-state index is 5.64. The highest BCUT2D eigenvalue weighted by atomic mass is 16.5. The molecular formula is C20H18N2O. The molecule has 1 aliphatic heterocycles. The minimum atomic E-state index is 0.744. The lowest BCUT2D eigenvalue weighted by atomic mass is 10.0. The molecule has 114 valence electrons. The van der Waals surface area contributed by atoms with E-state index in [-0.39, 0.29) is 0 Å². The Morgan fingerprint density at radius 1 is 0.957 bits per heavy atom. The lowest BCUT2D eigenvalue weighted by Crippen LogP contribution is -2.16. The molecule has 23 heavy (non-hydrogen) atoms. The Balaban J connectivity index is 1.71. The molecule has 0 aromatic heterocycles. The van der Waals surface area contributed by atoms with E-state index in [1.54, 1.807) is 0 Å². The number of rotatable bonds is 4. The van der Waals surface area contributed by atoms with E-state index in [4.69, 9.17) is 9.73 Å². The molecule has 3 nitrogen and oxygen atoms in total. The third-order valence-electron chi connectivity index (χ3n) is 3.97. The van der Waals surface area contributed by atoms with Gasteiger partial charge < -0.3 is 10.1 Å². The van der Waals surface area contributed by atoms with Crippen molar-refractivity contribution in [3.8, 4) is 5.75 Å². The first-order valence-corrected chi connectivity index (χ1v) is 7.96. The van der Waals surface area contributed by atoms with Crippen LogP contribution in [-0.4, -0.2) is 12.4 Å². The molecule has 3 aromatic rings. The van der Waals surface area contributed by atoms with Gasteiger partial charge in [0.1, 0.15) is 11.6 Å². The summed E-state index contributed by atoms with van der Waals surface area (Å²) in [5.74, 6) is 1.77. The van der Waals surface area contributed by atoms with Crippen LogP contribution in [0.1, 0.15) is 18.9 Å². The van der Waals surface area contributed by atoms with Crippen LogP contribution >= 0.6 is 0 Å². The number of benzene rings is 3. The SMILES string of the molecule is CCCOc1ccc(C2=Nc3cccc4cccc(c34)N2)cc1. The molecule has 0 atom stereocenters. The summed E-state index contributed by atoms with van der Waals surface area (Å²) in [6, 6.07) is 20.6. The highest BCUT2D eigenvalue weighted by Crippen LogP contribution is 2.36. The zero-order valence-electron chi connectivity index (χ0n) is 13.0. The van der Waals surface area contributed by atoms with Gasteiger partial charge in [-0.2, -0.15) is 0 Å². The van der Waals surface area contributed by atoms with Crippen LogP contribution in [0.2, 0.25) is 0 Å². The average Bonchev–Trinajstić information content (AvgIpc) is 2.61. The normalized spacial score (nSPS) is 12.7. The zero-order chi connectivity index (χ0) is 15.6. The molecule has 0 saturated heterocycles. The molecule has 0 radical (unpaired) electrons. The summed E-state index contributed by atoms with van der Waals surface area (Å²) in [6.07, 6.45) is 1.01. The maximum atomic E-state index is 5.64. The summed E-state index contributed by atoms with van der Waals surface area (Å²) in [6.45, 7) is 2.85. The van der Waals surface area contributed by atoms with E-state index in [2.05, 4.69) is 48.6 Å². The number of nitrogens with one attached hydrogen (secondary N) is 1. The standard InChI is InChI=1S/C20H18N2O/c1-2-13-23-16-11-9-15(10-12-16)20-21-17-7-3-5-14-6-4-8-18(22-20)19(14)17/h3-12H,2,13H2,1H3,(H,21,22). The van der Waals surface area contributed by atoms with Gasteiger partial charge in [-0.05, 0) is 48.2 Å². The van der Waals surface area contributed by atoms with Gasteiger partial charge in [-0.25, -0.2) is 4.99 Å². The molecule has 0 fully saturated rings. The molecule has 0 saturated carbocycles. The number of ether oxygens (including phenoxy) is 1. The molecule has 1 N–H and O–H groups in total. The Morgan fingerprint density at radius 2 is 1.74 bits per heavy atom. The van der Waals surface area contributed by atoms with Gasteiger partial charge in [-0.3, -0.25) is 0 Å². The number of amidine groups is 1. The minimum absolute atomic E-state index is 0.744.